The number of hydrogen-bond donors (Lipinski definition) is 1. The molecule has 2 aromatic rings. The van der Waals surface area contributed by atoms with Gasteiger partial charge in [-0.15, -0.1) is 0 Å². The van der Waals surface area contributed by atoms with E-state index in [0.717, 1.165) is 18.7 Å². The lowest BCUT2D eigenvalue weighted by Crippen LogP contribution is -2.38. The second-order valence-electron chi connectivity index (χ2n) is 5.23. The Morgan fingerprint density at radius 2 is 1.74 bits per heavy atom. The van der Waals surface area contributed by atoms with E-state index in [1.54, 1.807) is 24.5 Å². The monoisotopic (exact) mass is 331 g/mol. The molecule has 23 heavy (non-hydrogen) atoms. The van der Waals surface area contributed by atoms with Crippen LogP contribution in [0.1, 0.15) is 35.8 Å². The SMILES string of the molecule is CCN(CC)C(CNC(=O)c1ccncc1)c1ccc(Cl)cc1. The molecule has 0 aliphatic carbocycles. The Hall–Kier alpha value is -1.91. The molecular weight excluding hydrogens is 310 g/mol. The van der Waals surface area contributed by atoms with Crippen molar-refractivity contribution in [3.05, 3.63) is 64.9 Å². The number of nitrogens with zero attached hydrogens (tertiary/aromatic N) is 2. The first kappa shape index (κ1) is 17.4. The fourth-order valence-corrected chi connectivity index (χ4v) is 2.73. The maximum atomic E-state index is 12.3. The van der Waals surface area contributed by atoms with Crippen LogP contribution in [0, 0.1) is 0 Å². The minimum Gasteiger partial charge on any atom is -0.350 e. The number of amides is 1. The maximum Gasteiger partial charge on any atom is 0.251 e. The van der Waals surface area contributed by atoms with Crippen molar-refractivity contribution in [3.63, 3.8) is 0 Å². The smallest absolute Gasteiger partial charge is 0.251 e. The first-order valence-corrected chi connectivity index (χ1v) is 8.21. The van der Waals surface area contributed by atoms with Crippen LogP contribution >= 0.6 is 11.6 Å². The number of pyridine rings is 1. The Labute approximate surface area is 142 Å². The van der Waals surface area contributed by atoms with E-state index in [2.05, 4.69) is 29.0 Å². The van der Waals surface area contributed by atoms with Crippen LogP contribution in [0.15, 0.2) is 48.8 Å². The second kappa shape index (κ2) is 8.65. The van der Waals surface area contributed by atoms with Gasteiger partial charge in [0.2, 0.25) is 0 Å². The van der Waals surface area contributed by atoms with Gasteiger partial charge in [0.05, 0.1) is 6.04 Å². The topological polar surface area (TPSA) is 45.2 Å². The van der Waals surface area contributed by atoms with Crippen molar-refractivity contribution in [2.75, 3.05) is 19.6 Å². The molecule has 122 valence electrons. The third-order valence-corrected chi connectivity index (χ3v) is 4.16. The third-order valence-electron chi connectivity index (χ3n) is 3.91. The number of carbonyl (C=O) groups is 1. The fraction of sp³-hybridized carbons (Fsp3) is 0.333. The molecule has 0 aliphatic heterocycles. The zero-order chi connectivity index (χ0) is 16.7. The summed E-state index contributed by atoms with van der Waals surface area (Å²) in [6.45, 7) is 6.61. The summed E-state index contributed by atoms with van der Waals surface area (Å²) in [5.74, 6) is -0.0847. The first-order chi connectivity index (χ1) is 11.2. The second-order valence-corrected chi connectivity index (χ2v) is 5.67. The lowest BCUT2D eigenvalue weighted by atomic mass is 10.0. The van der Waals surface area contributed by atoms with Crippen LogP contribution in [0.25, 0.3) is 0 Å². The van der Waals surface area contributed by atoms with Gasteiger partial charge in [-0.3, -0.25) is 14.7 Å². The first-order valence-electron chi connectivity index (χ1n) is 7.83. The number of nitrogens with one attached hydrogen (secondary N) is 1. The summed E-state index contributed by atoms with van der Waals surface area (Å²) < 4.78 is 0. The van der Waals surface area contributed by atoms with Crippen molar-refractivity contribution in [3.8, 4) is 0 Å². The molecule has 0 bridgehead atoms. The molecule has 1 heterocycles. The standard InChI is InChI=1S/C18H22ClN3O/c1-3-22(4-2)17(14-5-7-16(19)8-6-14)13-21-18(23)15-9-11-20-12-10-15/h5-12,17H,3-4,13H2,1-2H3,(H,21,23). The molecule has 1 unspecified atom stereocenters. The molecule has 1 atom stereocenters. The minimum absolute atomic E-state index is 0.0847. The van der Waals surface area contributed by atoms with Gasteiger partial charge in [0.1, 0.15) is 0 Å². The van der Waals surface area contributed by atoms with Gasteiger partial charge in [-0.2, -0.15) is 0 Å². The van der Waals surface area contributed by atoms with E-state index in [-0.39, 0.29) is 11.9 Å². The lowest BCUT2D eigenvalue weighted by molar-refractivity contribution is 0.0935. The van der Waals surface area contributed by atoms with Crippen LogP contribution in [0.3, 0.4) is 0 Å². The van der Waals surface area contributed by atoms with E-state index in [1.165, 1.54) is 0 Å². The minimum atomic E-state index is -0.0847. The zero-order valence-corrected chi connectivity index (χ0v) is 14.3. The molecule has 0 aliphatic rings. The highest BCUT2D eigenvalue weighted by Crippen LogP contribution is 2.22. The van der Waals surface area contributed by atoms with Crippen LogP contribution in [-0.2, 0) is 0 Å². The van der Waals surface area contributed by atoms with Crippen molar-refractivity contribution in [1.82, 2.24) is 15.2 Å². The number of likely N-dealkylation sites (N-methyl/N-ethyl adjacent to an activating group) is 1. The third kappa shape index (κ3) is 4.78. The molecule has 1 N–H and O–H groups in total. The van der Waals surface area contributed by atoms with Gasteiger partial charge in [0.15, 0.2) is 0 Å². The molecule has 4 nitrogen and oxygen atoms in total. The molecule has 0 saturated heterocycles. The van der Waals surface area contributed by atoms with Gasteiger partial charge in [-0.05, 0) is 42.9 Å². The highest BCUT2D eigenvalue weighted by molar-refractivity contribution is 6.30. The Morgan fingerprint density at radius 1 is 1.13 bits per heavy atom. The Morgan fingerprint density at radius 3 is 2.30 bits per heavy atom. The predicted octanol–water partition coefficient (Wildman–Crippen LogP) is 3.55. The quantitative estimate of drug-likeness (QED) is 0.844. The number of hydrogen-bond acceptors (Lipinski definition) is 3. The van der Waals surface area contributed by atoms with Crippen LogP contribution in [-0.4, -0.2) is 35.4 Å². The number of halogens is 1. The molecular formula is C18H22ClN3O. The highest BCUT2D eigenvalue weighted by Gasteiger charge is 2.19. The van der Waals surface area contributed by atoms with Crippen molar-refractivity contribution in [1.29, 1.82) is 0 Å². The molecule has 1 amide bonds. The van der Waals surface area contributed by atoms with E-state index in [1.807, 2.05) is 24.3 Å². The van der Waals surface area contributed by atoms with Crippen molar-refractivity contribution < 1.29 is 4.79 Å². The summed E-state index contributed by atoms with van der Waals surface area (Å²) in [4.78, 5) is 18.5. The normalized spacial score (nSPS) is 12.2. The maximum absolute atomic E-state index is 12.3. The number of carbonyl (C=O) groups excluding carboxylic acids is 1. The summed E-state index contributed by atoms with van der Waals surface area (Å²) in [7, 11) is 0. The number of rotatable bonds is 7. The zero-order valence-electron chi connectivity index (χ0n) is 13.5. The average Bonchev–Trinajstić information content (AvgIpc) is 2.60. The average molecular weight is 332 g/mol. The Bertz CT molecular complexity index is 612. The molecule has 2 rings (SSSR count). The summed E-state index contributed by atoms with van der Waals surface area (Å²) in [5, 5.41) is 3.74. The summed E-state index contributed by atoms with van der Waals surface area (Å²) in [6.07, 6.45) is 3.24. The Balaban J connectivity index is 2.11. The molecule has 5 heteroatoms. The predicted molar refractivity (Wildman–Crippen MR) is 93.7 cm³/mol. The van der Waals surface area contributed by atoms with Crippen molar-refractivity contribution >= 4 is 17.5 Å². The molecule has 0 radical (unpaired) electrons. The van der Waals surface area contributed by atoms with E-state index in [4.69, 9.17) is 11.6 Å². The van der Waals surface area contributed by atoms with E-state index < -0.39 is 0 Å². The van der Waals surface area contributed by atoms with Gasteiger partial charge < -0.3 is 5.32 Å². The summed E-state index contributed by atoms with van der Waals surface area (Å²) in [5.41, 5.74) is 1.77. The number of benzene rings is 1. The van der Waals surface area contributed by atoms with Gasteiger partial charge in [0.25, 0.3) is 5.91 Å². The van der Waals surface area contributed by atoms with Crippen LogP contribution < -0.4 is 5.32 Å². The van der Waals surface area contributed by atoms with Crippen molar-refractivity contribution in [2.24, 2.45) is 0 Å². The number of aromatic nitrogens is 1. The van der Waals surface area contributed by atoms with E-state index in [0.29, 0.717) is 17.1 Å². The van der Waals surface area contributed by atoms with Gasteiger partial charge >= 0.3 is 0 Å². The van der Waals surface area contributed by atoms with Crippen LogP contribution in [0.4, 0.5) is 0 Å². The summed E-state index contributed by atoms with van der Waals surface area (Å²) in [6, 6.07) is 11.4. The van der Waals surface area contributed by atoms with Gasteiger partial charge in [-0.25, -0.2) is 0 Å². The lowest BCUT2D eigenvalue weighted by Gasteiger charge is -2.30. The van der Waals surface area contributed by atoms with Gasteiger partial charge in [0, 0.05) is 29.5 Å². The van der Waals surface area contributed by atoms with Gasteiger partial charge in [-0.1, -0.05) is 37.6 Å². The molecule has 0 saturated carbocycles. The fourth-order valence-electron chi connectivity index (χ4n) is 2.60. The van der Waals surface area contributed by atoms with Crippen molar-refractivity contribution in [2.45, 2.75) is 19.9 Å². The van der Waals surface area contributed by atoms with Crippen LogP contribution in [0.5, 0.6) is 0 Å². The molecule has 0 spiro atoms. The van der Waals surface area contributed by atoms with E-state index in [9.17, 15) is 4.79 Å². The van der Waals surface area contributed by atoms with E-state index >= 15 is 0 Å². The summed E-state index contributed by atoms with van der Waals surface area (Å²) >= 11 is 5.98. The molecule has 1 aromatic carbocycles. The highest BCUT2D eigenvalue weighted by atomic mass is 35.5. The molecule has 0 fully saturated rings. The Kier molecular flexibility index (Phi) is 6.56. The molecule has 1 aromatic heterocycles. The van der Waals surface area contributed by atoms with Crippen LogP contribution in [0.2, 0.25) is 5.02 Å². The largest absolute Gasteiger partial charge is 0.350 e.